The first kappa shape index (κ1) is 18.0. The van der Waals surface area contributed by atoms with Crippen LogP contribution in [0.2, 0.25) is 0 Å². The van der Waals surface area contributed by atoms with Gasteiger partial charge < -0.3 is 5.32 Å². The van der Waals surface area contributed by atoms with E-state index in [9.17, 15) is 18.0 Å². The highest BCUT2D eigenvalue weighted by molar-refractivity contribution is 5.83. The Bertz CT molecular complexity index is 747. The molecule has 0 aliphatic rings. The lowest BCUT2D eigenvalue weighted by molar-refractivity contribution is -0.126. The van der Waals surface area contributed by atoms with Crippen LogP contribution >= 0.6 is 0 Å². The molecule has 0 heterocycles. The zero-order valence-corrected chi connectivity index (χ0v) is 13.7. The summed E-state index contributed by atoms with van der Waals surface area (Å²) in [7, 11) is 3.46. The predicted molar refractivity (Wildman–Crippen MR) is 85.8 cm³/mol. The quantitative estimate of drug-likeness (QED) is 0.850. The molecule has 1 N–H and O–H groups in total. The molecule has 0 aliphatic heterocycles. The second-order valence-corrected chi connectivity index (χ2v) is 5.82. The molecular weight excluding hydrogens is 317 g/mol. The summed E-state index contributed by atoms with van der Waals surface area (Å²) in [6.07, 6.45) is 0. The molecule has 24 heavy (non-hydrogen) atoms. The van der Waals surface area contributed by atoms with Crippen molar-refractivity contribution in [3.63, 3.8) is 0 Å². The van der Waals surface area contributed by atoms with Crippen LogP contribution in [0.5, 0.6) is 0 Å². The highest BCUT2D eigenvalue weighted by Gasteiger charge is 2.24. The van der Waals surface area contributed by atoms with Crippen LogP contribution in [0.15, 0.2) is 36.4 Å². The number of rotatable bonds is 5. The van der Waals surface area contributed by atoms with Crippen LogP contribution in [0.1, 0.15) is 22.7 Å². The number of nitrogens with one attached hydrogen (secondary N) is 1. The zero-order valence-electron chi connectivity index (χ0n) is 13.7. The minimum Gasteiger partial charge on any atom is -0.350 e. The van der Waals surface area contributed by atoms with E-state index >= 15 is 0 Å². The van der Waals surface area contributed by atoms with Gasteiger partial charge in [-0.1, -0.05) is 29.8 Å². The molecule has 0 aromatic heterocycles. The van der Waals surface area contributed by atoms with Crippen LogP contribution in [-0.4, -0.2) is 24.9 Å². The average molecular weight is 336 g/mol. The number of hydrogen-bond donors (Lipinski definition) is 1. The van der Waals surface area contributed by atoms with E-state index in [1.165, 1.54) is 0 Å². The Morgan fingerprint density at radius 1 is 1.12 bits per heavy atom. The van der Waals surface area contributed by atoms with Gasteiger partial charge >= 0.3 is 0 Å². The van der Waals surface area contributed by atoms with Gasteiger partial charge in [0.25, 0.3) is 0 Å². The summed E-state index contributed by atoms with van der Waals surface area (Å²) < 4.78 is 40.5. The van der Waals surface area contributed by atoms with Crippen molar-refractivity contribution >= 4 is 5.91 Å². The van der Waals surface area contributed by atoms with E-state index in [2.05, 4.69) is 5.32 Å². The number of carbonyl (C=O) groups excluding carboxylic acids is 1. The lowest BCUT2D eigenvalue weighted by Crippen LogP contribution is -2.37. The summed E-state index contributed by atoms with van der Waals surface area (Å²) in [6, 6.07) is 8.35. The Hall–Kier alpha value is -2.34. The Labute approximate surface area is 139 Å². The molecule has 1 amide bonds. The van der Waals surface area contributed by atoms with Gasteiger partial charge in [-0.05, 0) is 38.7 Å². The standard InChI is InChI=1S/C18H19F3N2O/c1-11-5-4-6-12(9-11)17(23(2)3)18(24)22-10-13-14(19)7-8-15(20)16(13)21/h4-9,17H,10H2,1-3H3,(H,22,24)/t17-/m0/s1. The number of amides is 1. The van der Waals surface area contributed by atoms with Crippen LogP contribution in [0.25, 0.3) is 0 Å². The van der Waals surface area contributed by atoms with E-state index < -0.39 is 41.5 Å². The van der Waals surface area contributed by atoms with Crippen LogP contribution in [0, 0.1) is 24.4 Å². The second kappa shape index (κ2) is 7.49. The van der Waals surface area contributed by atoms with Gasteiger partial charge in [-0.2, -0.15) is 0 Å². The van der Waals surface area contributed by atoms with Gasteiger partial charge in [0.05, 0.1) is 0 Å². The molecule has 0 bridgehead atoms. The first-order valence-corrected chi connectivity index (χ1v) is 7.44. The first-order chi connectivity index (χ1) is 11.3. The van der Waals surface area contributed by atoms with Gasteiger partial charge in [0.2, 0.25) is 5.91 Å². The van der Waals surface area contributed by atoms with Crippen molar-refractivity contribution < 1.29 is 18.0 Å². The molecule has 0 aliphatic carbocycles. The summed E-state index contributed by atoms with van der Waals surface area (Å²) in [4.78, 5) is 14.2. The highest BCUT2D eigenvalue weighted by Crippen LogP contribution is 2.21. The summed E-state index contributed by atoms with van der Waals surface area (Å²) in [5.41, 5.74) is 1.26. The van der Waals surface area contributed by atoms with E-state index in [4.69, 9.17) is 0 Å². The molecule has 2 aromatic rings. The molecule has 128 valence electrons. The minimum atomic E-state index is -1.28. The van der Waals surface area contributed by atoms with Crippen molar-refractivity contribution in [1.82, 2.24) is 10.2 Å². The monoisotopic (exact) mass is 336 g/mol. The van der Waals surface area contributed by atoms with Crippen molar-refractivity contribution in [2.75, 3.05) is 14.1 Å². The molecule has 6 heteroatoms. The van der Waals surface area contributed by atoms with Gasteiger partial charge in [-0.15, -0.1) is 0 Å². The molecule has 0 saturated carbocycles. The van der Waals surface area contributed by atoms with E-state index in [-0.39, 0.29) is 0 Å². The Morgan fingerprint density at radius 3 is 2.42 bits per heavy atom. The predicted octanol–water partition coefficient (Wildman–Crippen LogP) is 3.33. The number of carbonyl (C=O) groups is 1. The summed E-state index contributed by atoms with van der Waals surface area (Å²) >= 11 is 0. The highest BCUT2D eigenvalue weighted by atomic mass is 19.2. The number of benzene rings is 2. The molecule has 3 nitrogen and oxygen atoms in total. The SMILES string of the molecule is Cc1cccc([C@@H](C(=O)NCc2c(F)ccc(F)c2F)N(C)C)c1. The number of hydrogen-bond acceptors (Lipinski definition) is 2. The van der Waals surface area contributed by atoms with E-state index in [0.717, 1.165) is 17.2 Å². The van der Waals surface area contributed by atoms with Crippen molar-refractivity contribution in [3.05, 3.63) is 70.5 Å². The number of nitrogens with zero attached hydrogens (tertiary/aromatic N) is 1. The van der Waals surface area contributed by atoms with E-state index in [0.29, 0.717) is 6.07 Å². The Morgan fingerprint density at radius 2 is 1.79 bits per heavy atom. The average Bonchev–Trinajstić information content (AvgIpc) is 2.51. The third kappa shape index (κ3) is 3.94. The Kier molecular flexibility index (Phi) is 5.62. The van der Waals surface area contributed by atoms with Gasteiger partial charge in [-0.3, -0.25) is 9.69 Å². The molecule has 2 rings (SSSR count). The number of halogens is 3. The summed E-state index contributed by atoms with van der Waals surface area (Å²) in [5, 5.41) is 2.48. The fraction of sp³-hybridized carbons (Fsp3) is 0.278. The molecule has 0 saturated heterocycles. The Balaban J connectivity index is 2.20. The maximum Gasteiger partial charge on any atom is 0.242 e. The van der Waals surface area contributed by atoms with Crippen LogP contribution in [0.4, 0.5) is 13.2 Å². The smallest absolute Gasteiger partial charge is 0.242 e. The largest absolute Gasteiger partial charge is 0.350 e. The number of likely N-dealkylation sites (N-methyl/N-ethyl adjacent to an activating group) is 1. The molecular formula is C18H19F3N2O. The third-order valence-corrected chi connectivity index (χ3v) is 3.70. The van der Waals surface area contributed by atoms with E-state index in [1.807, 2.05) is 25.1 Å². The molecule has 0 fully saturated rings. The minimum absolute atomic E-state index is 0.423. The van der Waals surface area contributed by atoms with Crippen LogP contribution in [-0.2, 0) is 11.3 Å². The van der Waals surface area contributed by atoms with Gasteiger partial charge in [0.15, 0.2) is 11.6 Å². The van der Waals surface area contributed by atoms with Crippen molar-refractivity contribution in [3.8, 4) is 0 Å². The molecule has 0 spiro atoms. The second-order valence-electron chi connectivity index (χ2n) is 5.82. The molecule has 0 unspecified atom stereocenters. The molecule has 0 radical (unpaired) electrons. The normalized spacial score (nSPS) is 12.3. The van der Waals surface area contributed by atoms with Gasteiger partial charge in [0, 0.05) is 12.1 Å². The fourth-order valence-electron chi connectivity index (χ4n) is 2.53. The van der Waals surface area contributed by atoms with Crippen molar-refractivity contribution in [2.45, 2.75) is 19.5 Å². The van der Waals surface area contributed by atoms with Crippen LogP contribution in [0.3, 0.4) is 0 Å². The molecule has 1 atom stereocenters. The zero-order chi connectivity index (χ0) is 17.9. The fourth-order valence-corrected chi connectivity index (χ4v) is 2.53. The topological polar surface area (TPSA) is 32.3 Å². The maximum atomic E-state index is 13.7. The van der Waals surface area contributed by atoms with Crippen LogP contribution < -0.4 is 5.32 Å². The summed E-state index contributed by atoms with van der Waals surface area (Å²) in [6.45, 7) is 1.48. The van der Waals surface area contributed by atoms with Crippen molar-refractivity contribution in [1.29, 1.82) is 0 Å². The van der Waals surface area contributed by atoms with Gasteiger partial charge in [0.1, 0.15) is 11.9 Å². The first-order valence-electron chi connectivity index (χ1n) is 7.44. The third-order valence-electron chi connectivity index (χ3n) is 3.70. The lowest BCUT2D eigenvalue weighted by atomic mass is 10.0. The van der Waals surface area contributed by atoms with Crippen molar-refractivity contribution in [2.24, 2.45) is 0 Å². The van der Waals surface area contributed by atoms with Gasteiger partial charge in [-0.25, -0.2) is 13.2 Å². The molecule has 2 aromatic carbocycles. The summed E-state index contributed by atoms with van der Waals surface area (Å²) in [5.74, 6) is -3.75. The van der Waals surface area contributed by atoms with E-state index in [1.54, 1.807) is 25.1 Å². The lowest BCUT2D eigenvalue weighted by Gasteiger charge is -2.24. The maximum absolute atomic E-state index is 13.7. The number of aryl methyl sites for hydroxylation is 1.